The Kier molecular flexibility index (Phi) is 5.30. The molecule has 1 saturated heterocycles. The molecule has 2 rings (SSSR count). The van der Waals surface area contributed by atoms with Crippen molar-refractivity contribution in [2.75, 3.05) is 30.4 Å². The number of carbonyl (C=O) groups excluding carboxylic acids is 2. The molecule has 114 valence electrons. The summed E-state index contributed by atoms with van der Waals surface area (Å²) in [5.74, 6) is -0.180. The van der Waals surface area contributed by atoms with Gasteiger partial charge in [-0.25, -0.2) is 0 Å². The van der Waals surface area contributed by atoms with Crippen LogP contribution in [0.4, 0.5) is 11.4 Å². The van der Waals surface area contributed by atoms with Gasteiger partial charge in [-0.3, -0.25) is 9.59 Å². The lowest BCUT2D eigenvalue weighted by atomic mass is 10.1. The summed E-state index contributed by atoms with van der Waals surface area (Å²) in [5.41, 5.74) is 2.25. The summed E-state index contributed by atoms with van der Waals surface area (Å²) in [6.45, 7) is 5.33. The van der Waals surface area contributed by atoms with Crippen molar-refractivity contribution in [2.24, 2.45) is 0 Å². The zero-order chi connectivity index (χ0) is 15.2. The van der Waals surface area contributed by atoms with E-state index in [1.807, 2.05) is 19.1 Å². The van der Waals surface area contributed by atoms with E-state index in [2.05, 4.69) is 16.0 Å². The lowest BCUT2D eigenvalue weighted by Gasteiger charge is -2.23. The first-order valence-corrected chi connectivity index (χ1v) is 7.13. The molecule has 3 N–H and O–H groups in total. The molecular formula is C15H21N3O3. The fourth-order valence-corrected chi connectivity index (χ4v) is 2.10. The molecule has 6 heteroatoms. The van der Waals surface area contributed by atoms with E-state index in [1.54, 1.807) is 13.0 Å². The molecule has 1 atom stereocenters. The van der Waals surface area contributed by atoms with Gasteiger partial charge in [0.25, 0.3) is 0 Å². The highest BCUT2D eigenvalue weighted by Gasteiger charge is 2.21. The third-order valence-corrected chi connectivity index (χ3v) is 3.43. The molecule has 0 aromatic heterocycles. The number of nitrogens with one attached hydrogen (secondary N) is 3. The molecule has 1 fully saturated rings. The second-order valence-corrected chi connectivity index (χ2v) is 4.95. The first-order chi connectivity index (χ1) is 10.1. The van der Waals surface area contributed by atoms with E-state index in [-0.39, 0.29) is 17.9 Å². The van der Waals surface area contributed by atoms with E-state index in [4.69, 9.17) is 4.74 Å². The predicted octanol–water partition coefficient (Wildman–Crippen LogP) is 1.27. The van der Waals surface area contributed by atoms with Crippen LogP contribution in [0.3, 0.4) is 0 Å². The van der Waals surface area contributed by atoms with Crippen LogP contribution in [-0.2, 0) is 14.3 Å². The standard InChI is InChI=1S/C15H21N3O3/c1-3-14(19)17-11-5-4-6-12(10(11)2)18-15(20)13-9-21-8-7-16-13/h4-6,13,16H,3,7-9H2,1-2H3,(H,17,19)(H,18,20). The minimum absolute atomic E-state index is 0.0519. The molecular weight excluding hydrogens is 270 g/mol. The predicted molar refractivity (Wildman–Crippen MR) is 81.3 cm³/mol. The monoisotopic (exact) mass is 291 g/mol. The van der Waals surface area contributed by atoms with Gasteiger partial charge in [0.1, 0.15) is 6.04 Å². The maximum Gasteiger partial charge on any atom is 0.243 e. The SMILES string of the molecule is CCC(=O)Nc1cccc(NC(=O)C2COCCN2)c1C. The molecule has 0 spiro atoms. The van der Waals surface area contributed by atoms with Gasteiger partial charge in [-0.2, -0.15) is 0 Å². The summed E-state index contributed by atoms with van der Waals surface area (Å²) in [5, 5.41) is 8.81. The van der Waals surface area contributed by atoms with Crippen LogP contribution in [0.2, 0.25) is 0 Å². The maximum atomic E-state index is 12.2. The average Bonchev–Trinajstić information content (AvgIpc) is 2.52. The summed E-state index contributed by atoms with van der Waals surface area (Å²) < 4.78 is 5.28. The molecule has 1 aliphatic heterocycles. The smallest absolute Gasteiger partial charge is 0.243 e. The minimum Gasteiger partial charge on any atom is -0.378 e. The average molecular weight is 291 g/mol. The highest BCUT2D eigenvalue weighted by atomic mass is 16.5. The molecule has 1 aliphatic rings. The lowest BCUT2D eigenvalue weighted by Crippen LogP contribution is -2.48. The summed E-state index contributed by atoms with van der Waals surface area (Å²) >= 11 is 0. The van der Waals surface area contributed by atoms with Crippen LogP contribution >= 0.6 is 0 Å². The van der Waals surface area contributed by atoms with Crippen LogP contribution in [-0.4, -0.2) is 37.6 Å². The number of carbonyl (C=O) groups is 2. The highest BCUT2D eigenvalue weighted by Crippen LogP contribution is 2.23. The van der Waals surface area contributed by atoms with Gasteiger partial charge in [-0.05, 0) is 24.6 Å². The topological polar surface area (TPSA) is 79.5 Å². The number of ether oxygens (including phenoxy) is 1. The van der Waals surface area contributed by atoms with Gasteiger partial charge in [-0.1, -0.05) is 13.0 Å². The van der Waals surface area contributed by atoms with Crippen LogP contribution in [0.25, 0.3) is 0 Å². The number of morpholine rings is 1. The Morgan fingerprint density at radius 3 is 2.67 bits per heavy atom. The van der Waals surface area contributed by atoms with Crippen LogP contribution < -0.4 is 16.0 Å². The van der Waals surface area contributed by atoms with Crippen LogP contribution in [0, 0.1) is 6.92 Å². The van der Waals surface area contributed by atoms with Crippen LogP contribution in [0.1, 0.15) is 18.9 Å². The van der Waals surface area contributed by atoms with Gasteiger partial charge in [0.05, 0.1) is 13.2 Å². The number of amides is 2. The van der Waals surface area contributed by atoms with E-state index in [0.29, 0.717) is 37.6 Å². The van der Waals surface area contributed by atoms with Crippen molar-refractivity contribution in [3.8, 4) is 0 Å². The van der Waals surface area contributed by atoms with Crippen molar-refractivity contribution in [1.29, 1.82) is 0 Å². The van der Waals surface area contributed by atoms with Crippen LogP contribution in [0.5, 0.6) is 0 Å². The number of rotatable bonds is 4. The maximum absolute atomic E-state index is 12.2. The Bertz CT molecular complexity index is 525. The molecule has 21 heavy (non-hydrogen) atoms. The van der Waals surface area contributed by atoms with Crippen molar-refractivity contribution < 1.29 is 14.3 Å². The van der Waals surface area contributed by atoms with Crippen LogP contribution in [0.15, 0.2) is 18.2 Å². The Hall–Kier alpha value is -1.92. The zero-order valence-corrected chi connectivity index (χ0v) is 12.4. The number of benzene rings is 1. The van der Waals surface area contributed by atoms with Gasteiger partial charge in [0, 0.05) is 24.3 Å². The second-order valence-electron chi connectivity index (χ2n) is 4.95. The molecule has 1 heterocycles. The van der Waals surface area contributed by atoms with E-state index >= 15 is 0 Å². The molecule has 6 nitrogen and oxygen atoms in total. The van der Waals surface area contributed by atoms with Gasteiger partial charge in [0.15, 0.2) is 0 Å². The first kappa shape index (κ1) is 15.5. The Balaban J connectivity index is 2.07. The molecule has 1 unspecified atom stereocenters. The molecule has 2 amide bonds. The second kappa shape index (κ2) is 7.19. The highest BCUT2D eigenvalue weighted by molar-refractivity contribution is 5.98. The first-order valence-electron chi connectivity index (χ1n) is 7.13. The van der Waals surface area contributed by atoms with Gasteiger partial charge >= 0.3 is 0 Å². The third kappa shape index (κ3) is 4.03. The Labute approximate surface area is 124 Å². The van der Waals surface area contributed by atoms with Gasteiger partial charge in [-0.15, -0.1) is 0 Å². The lowest BCUT2D eigenvalue weighted by molar-refractivity contribution is -0.120. The summed E-state index contributed by atoms with van der Waals surface area (Å²) in [6, 6.07) is 5.10. The molecule has 1 aromatic rings. The summed E-state index contributed by atoms with van der Waals surface area (Å²) in [7, 11) is 0. The summed E-state index contributed by atoms with van der Waals surface area (Å²) in [6.07, 6.45) is 0.416. The largest absolute Gasteiger partial charge is 0.378 e. The van der Waals surface area contributed by atoms with E-state index < -0.39 is 0 Å². The number of hydrogen-bond acceptors (Lipinski definition) is 4. The third-order valence-electron chi connectivity index (χ3n) is 3.43. The summed E-state index contributed by atoms with van der Waals surface area (Å²) in [4.78, 5) is 23.7. The van der Waals surface area contributed by atoms with Crippen molar-refractivity contribution in [1.82, 2.24) is 5.32 Å². The Morgan fingerprint density at radius 2 is 2.05 bits per heavy atom. The van der Waals surface area contributed by atoms with Crippen molar-refractivity contribution in [3.63, 3.8) is 0 Å². The zero-order valence-electron chi connectivity index (χ0n) is 12.4. The fraction of sp³-hybridized carbons (Fsp3) is 0.467. The fourth-order valence-electron chi connectivity index (χ4n) is 2.10. The Morgan fingerprint density at radius 1 is 1.33 bits per heavy atom. The number of anilines is 2. The van der Waals surface area contributed by atoms with E-state index in [1.165, 1.54) is 0 Å². The van der Waals surface area contributed by atoms with Gasteiger partial charge in [0.2, 0.25) is 11.8 Å². The molecule has 1 aromatic carbocycles. The van der Waals surface area contributed by atoms with Crippen molar-refractivity contribution in [2.45, 2.75) is 26.3 Å². The molecule has 0 bridgehead atoms. The minimum atomic E-state index is -0.341. The van der Waals surface area contributed by atoms with E-state index in [0.717, 1.165) is 5.56 Å². The molecule has 0 radical (unpaired) electrons. The van der Waals surface area contributed by atoms with E-state index in [9.17, 15) is 9.59 Å². The molecule has 0 aliphatic carbocycles. The van der Waals surface area contributed by atoms with Gasteiger partial charge < -0.3 is 20.7 Å². The quantitative estimate of drug-likeness (QED) is 0.780. The number of hydrogen-bond donors (Lipinski definition) is 3. The van der Waals surface area contributed by atoms with Crippen molar-refractivity contribution in [3.05, 3.63) is 23.8 Å². The normalized spacial score (nSPS) is 18.1. The molecule has 0 saturated carbocycles. The van der Waals surface area contributed by atoms with Crippen molar-refractivity contribution >= 4 is 23.2 Å².